The second-order valence-corrected chi connectivity index (χ2v) is 8.33. The number of carbonyl (C=O) groups excluding carboxylic acids is 1. The Hall–Kier alpha value is -0.680. The summed E-state index contributed by atoms with van der Waals surface area (Å²) in [7, 11) is 0. The van der Waals surface area contributed by atoms with Gasteiger partial charge in [0, 0.05) is 24.4 Å². The molecule has 3 heteroatoms. The number of hydrogen-bond acceptors (Lipinski definition) is 2. The lowest BCUT2D eigenvalue weighted by atomic mass is 9.74. The summed E-state index contributed by atoms with van der Waals surface area (Å²) in [6.45, 7) is 4.10. The van der Waals surface area contributed by atoms with E-state index < -0.39 is 0 Å². The summed E-state index contributed by atoms with van der Waals surface area (Å²) >= 11 is 2.34. The van der Waals surface area contributed by atoms with Gasteiger partial charge in [-0.05, 0) is 75.5 Å². The Morgan fingerprint density at radius 3 is 2.68 bits per heavy atom. The lowest BCUT2D eigenvalue weighted by Gasteiger charge is -2.37. The normalized spacial score (nSPS) is 31.3. The third-order valence-corrected chi connectivity index (χ3v) is 5.44. The van der Waals surface area contributed by atoms with Crippen LogP contribution in [0.4, 0.5) is 0 Å². The Morgan fingerprint density at radius 1 is 1.32 bits per heavy atom. The fraction of sp³-hybridized carbons (Fsp3) is 0.526. The molecule has 3 rings (SSSR count). The highest BCUT2D eigenvalue weighted by Gasteiger charge is 2.44. The summed E-state index contributed by atoms with van der Waals surface area (Å²) in [5.74, 6) is 0.983. The molecular formula is C19H24INO. The molecule has 0 amide bonds. The van der Waals surface area contributed by atoms with E-state index in [0.29, 0.717) is 30.2 Å². The van der Waals surface area contributed by atoms with E-state index in [1.54, 1.807) is 0 Å². The highest BCUT2D eigenvalue weighted by atomic mass is 127. The van der Waals surface area contributed by atoms with Gasteiger partial charge in [0.15, 0.2) is 0 Å². The van der Waals surface area contributed by atoms with Gasteiger partial charge in [-0.25, -0.2) is 0 Å². The molecule has 2 saturated heterocycles. The van der Waals surface area contributed by atoms with Gasteiger partial charge in [-0.15, -0.1) is 0 Å². The van der Waals surface area contributed by atoms with Gasteiger partial charge in [0.1, 0.15) is 5.78 Å². The van der Waals surface area contributed by atoms with E-state index in [4.69, 9.17) is 0 Å². The SMILES string of the molecule is CCC(=O)C1C2CCC(CC1c1ccc(/C=C(\C)I)cc1)N2. The van der Waals surface area contributed by atoms with Gasteiger partial charge in [0.05, 0.1) is 0 Å². The van der Waals surface area contributed by atoms with Crippen LogP contribution in [0, 0.1) is 5.92 Å². The summed E-state index contributed by atoms with van der Waals surface area (Å²) < 4.78 is 1.28. The van der Waals surface area contributed by atoms with Gasteiger partial charge in [0.25, 0.3) is 0 Å². The molecule has 0 saturated carbocycles. The average Bonchev–Trinajstić information content (AvgIpc) is 2.88. The van der Waals surface area contributed by atoms with Crippen LogP contribution in [0.1, 0.15) is 56.6 Å². The van der Waals surface area contributed by atoms with E-state index in [1.807, 2.05) is 6.92 Å². The number of piperidine rings is 1. The maximum Gasteiger partial charge on any atom is 0.137 e. The van der Waals surface area contributed by atoms with Crippen LogP contribution in [-0.4, -0.2) is 17.9 Å². The predicted molar refractivity (Wildman–Crippen MR) is 100 cm³/mol. The minimum Gasteiger partial charge on any atom is -0.310 e. The molecule has 1 aromatic carbocycles. The van der Waals surface area contributed by atoms with Crippen molar-refractivity contribution in [3.8, 4) is 0 Å². The zero-order valence-corrected chi connectivity index (χ0v) is 15.5. The summed E-state index contributed by atoms with van der Waals surface area (Å²) in [4.78, 5) is 12.5. The lowest BCUT2D eigenvalue weighted by molar-refractivity contribution is -0.124. The van der Waals surface area contributed by atoms with Crippen molar-refractivity contribution in [2.75, 3.05) is 0 Å². The molecule has 1 aromatic rings. The van der Waals surface area contributed by atoms with Crippen LogP contribution >= 0.6 is 22.6 Å². The van der Waals surface area contributed by atoms with Gasteiger partial charge in [-0.2, -0.15) is 0 Å². The molecule has 4 atom stereocenters. The number of Topliss-reactive ketones (excluding diaryl/α,β-unsaturated/α-hetero) is 1. The Bertz CT molecular complexity index is 574. The van der Waals surface area contributed by atoms with E-state index in [-0.39, 0.29) is 5.92 Å². The second-order valence-electron chi connectivity index (χ2n) is 6.63. The van der Waals surface area contributed by atoms with Crippen molar-refractivity contribution < 1.29 is 4.79 Å². The number of nitrogens with one attached hydrogen (secondary N) is 1. The zero-order valence-electron chi connectivity index (χ0n) is 13.3. The van der Waals surface area contributed by atoms with E-state index in [0.717, 1.165) is 12.8 Å². The summed E-state index contributed by atoms with van der Waals surface area (Å²) in [5, 5.41) is 3.66. The van der Waals surface area contributed by atoms with Crippen LogP contribution in [0.5, 0.6) is 0 Å². The molecule has 2 bridgehead atoms. The molecule has 2 aliphatic heterocycles. The standard InChI is InChI=1S/C19H24INO/c1-3-18(22)19-16(11-15-8-9-17(19)21-15)14-6-4-13(5-7-14)10-12(2)20/h4-7,10,15-17,19,21H,3,8-9,11H2,1-2H3/b12-10+. The van der Waals surface area contributed by atoms with Crippen molar-refractivity contribution in [1.29, 1.82) is 0 Å². The number of halogens is 1. The molecule has 2 nitrogen and oxygen atoms in total. The Kier molecular flexibility index (Phi) is 5.03. The van der Waals surface area contributed by atoms with Gasteiger partial charge in [0.2, 0.25) is 0 Å². The van der Waals surface area contributed by atoms with Crippen molar-refractivity contribution in [1.82, 2.24) is 5.32 Å². The van der Waals surface area contributed by atoms with Crippen LogP contribution in [0.25, 0.3) is 6.08 Å². The van der Waals surface area contributed by atoms with Crippen molar-refractivity contribution in [2.45, 2.75) is 57.5 Å². The number of benzene rings is 1. The van der Waals surface area contributed by atoms with Crippen molar-refractivity contribution in [2.24, 2.45) is 5.92 Å². The summed E-state index contributed by atoms with van der Waals surface area (Å²) in [6.07, 6.45) is 6.33. The van der Waals surface area contributed by atoms with Gasteiger partial charge in [-0.3, -0.25) is 4.79 Å². The molecule has 2 aliphatic rings. The molecule has 2 heterocycles. The summed E-state index contributed by atoms with van der Waals surface area (Å²) in [6, 6.07) is 9.84. The van der Waals surface area contributed by atoms with Crippen LogP contribution in [0.15, 0.2) is 27.8 Å². The van der Waals surface area contributed by atoms with Crippen molar-refractivity contribution in [3.05, 3.63) is 39.0 Å². The maximum absolute atomic E-state index is 12.5. The van der Waals surface area contributed by atoms with Gasteiger partial charge >= 0.3 is 0 Å². The summed E-state index contributed by atoms with van der Waals surface area (Å²) in [5.41, 5.74) is 2.58. The van der Waals surface area contributed by atoms with Crippen LogP contribution < -0.4 is 5.32 Å². The fourth-order valence-electron chi connectivity index (χ4n) is 4.15. The first-order chi connectivity index (χ1) is 10.6. The smallest absolute Gasteiger partial charge is 0.137 e. The van der Waals surface area contributed by atoms with Crippen LogP contribution in [0.3, 0.4) is 0 Å². The first-order valence-corrected chi connectivity index (χ1v) is 9.39. The van der Waals surface area contributed by atoms with Gasteiger partial charge in [-0.1, -0.05) is 31.2 Å². The molecule has 0 aliphatic carbocycles. The maximum atomic E-state index is 12.5. The Morgan fingerprint density at radius 2 is 2.05 bits per heavy atom. The van der Waals surface area contributed by atoms with E-state index in [1.165, 1.54) is 21.1 Å². The van der Waals surface area contributed by atoms with E-state index in [2.05, 4.69) is 65.2 Å². The molecular weight excluding hydrogens is 385 g/mol. The largest absolute Gasteiger partial charge is 0.310 e. The Labute approximate surface area is 146 Å². The predicted octanol–water partition coefficient (Wildman–Crippen LogP) is 4.69. The first-order valence-electron chi connectivity index (χ1n) is 8.31. The molecule has 118 valence electrons. The van der Waals surface area contributed by atoms with Crippen LogP contribution in [0.2, 0.25) is 0 Å². The highest BCUT2D eigenvalue weighted by Crippen LogP contribution is 2.42. The highest BCUT2D eigenvalue weighted by molar-refractivity contribution is 14.1. The quantitative estimate of drug-likeness (QED) is 0.732. The number of fused-ring (bicyclic) bond motifs is 2. The Balaban J connectivity index is 1.87. The number of allylic oxidation sites excluding steroid dienone is 1. The minimum atomic E-state index is 0.163. The zero-order chi connectivity index (χ0) is 15.7. The first kappa shape index (κ1) is 16.2. The van der Waals surface area contributed by atoms with Crippen LogP contribution in [-0.2, 0) is 4.79 Å². The van der Waals surface area contributed by atoms with Crippen molar-refractivity contribution in [3.63, 3.8) is 0 Å². The van der Waals surface area contributed by atoms with E-state index in [9.17, 15) is 4.79 Å². The number of rotatable bonds is 4. The third kappa shape index (κ3) is 3.30. The molecule has 0 spiro atoms. The molecule has 22 heavy (non-hydrogen) atoms. The van der Waals surface area contributed by atoms with Crippen molar-refractivity contribution >= 4 is 34.5 Å². The van der Waals surface area contributed by atoms with Gasteiger partial charge < -0.3 is 5.32 Å². The second kappa shape index (κ2) is 6.83. The van der Waals surface area contributed by atoms with E-state index >= 15 is 0 Å². The molecule has 4 unspecified atom stereocenters. The fourth-order valence-corrected chi connectivity index (χ4v) is 4.51. The molecule has 1 N–H and O–H groups in total. The average molecular weight is 409 g/mol. The molecule has 0 aromatic heterocycles. The number of carbonyl (C=O) groups is 1. The molecule has 2 fully saturated rings. The lowest BCUT2D eigenvalue weighted by Crippen LogP contribution is -2.47. The minimum absolute atomic E-state index is 0.163. The topological polar surface area (TPSA) is 29.1 Å². The number of ketones is 1. The molecule has 0 radical (unpaired) electrons. The third-order valence-electron chi connectivity index (χ3n) is 5.13. The number of hydrogen-bond donors (Lipinski definition) is 1. The monoisotopic (exact) mass is 409 g/mol.